The van der Waals surface area contributed by atoms with E-state index >= 15 is 0 Å². The van der Waals surface area contributed by atoms with Crippen LogP contribution < -0.4 is 5.32 Å². The first-order valence-corrected chi connectivity index (χ1v) is 9.90. The van der Waals surface area contributed by atoms with Crippen molar-refractivity contribution in [2.24, 2.45) is 0 Å². The molecule has 8 nitrogen and oxygen atoms in total. The highest BCUT2D eigenvalue weighted by molar-refractivity contribution is 6.21. The van der Waals surface area contributed by atoms with E-state index in [9.17, 15) is 19.5 Å². The molecule has 168 valence electrons. The van der Waals surface area contributed by atoms with Gasteiger partial charge in [0.2, 0.25) is 11.4 Å². The first-order valence-electron chi connectivity index (χ1n) is 9.90. The average molecular weight is 431 g/mol. The number of aliphatic hydroxyl groups excluding tert-OH is 1. The van der Waals surface area contributed by atoms with Crippen LogP contribution in [0.3, 0.4) is 0 Å². The van der Waals surface area contributed by atoms with Crippen molar-refractivity contribution in [2.75, 3.05) is 13.7 Å². The number of carbonyl (C=O) groups excluding carboxylic acids is 3. The molecule has 2 saturated heterocycles. The molecule has 0 aliphatic carbocycles. The second kappa shape index (κ2) is 9.55. The van der Waals surface area contributed by atoms with Gasteiger partial charge in [0.05, 0.1) is 12.7 Å². The first-order chi connectivity index (χ1) is 14.5. The highest BCUT2D eigenvalue weighted by Crippen LogP contribution is 2.50. The number of hydrogen-bond acceptors (Lipinski definition) is 7. The molecule has 0 saturated carbocycles. The summed E-state index contributed by atoms with van der Waals surface area (Å²) in [5, 5.41) is 21.8. The maximum Gasteiger partial charge on any atom is 0.337 e. The molecule has 0 spiro atoms. The topological polar surface area (TPSA) is 125 Å². The first kappa shape index (κ1) is 24.5. The van der Waals surface area contributed by atoms with Crippen LogP contribution in [0.4, 0.5) is 0 Å². The molecule has 1 amide bonds. The highest BCUT2D eigenvalue weighted by atomic mass is 16.6. The van der Waals surface area contributed by atoms with E-state index in [0.717, 1.165) is 11.1 Å². The lowest BCUT2D eigenvalue weighted by Crippen LogP contribution is -2.48. The summed E-state index contributed by atoms with van der Waals surface area (Å²) in [6, 6.07) is 0. The van der Waals surface area contributed by atoms with Crippen LogP contribution in [-0.2, 0) is 23.9 Å². The summed E-state index contributed by atoms with van der Waals surface area (Å²) in [6.45, 7) is 6.68. The maximum absolute atomic E-state index is 12.8. The Hall–Kier alpha value is -2.81. The average Bonchev–Trinajstić information content (AvgIpc) is 3.44. The van der Waals surface area contributed by atoms with Crippen molar-refractivity contribution in [2.45, 2.75) is 51.5 Å². The predicted molar refractivity (Wildman–Crippen MR) is 114 cm³/mol. The molecule has 2 fully saturated rings. The molecule has 31 heavy (non-hydrogen) atoms. The number of aliphatic hydroxyl groups is 2. The van der Waals surface area contributed by atoms with Gasteiger partial charge in [0.25, 0.3) is 5.91 Å². The molecule has 0 radical (unpaired) electrons. The van der Waals surface area contributed by atoms with Gasteiger partial charge < -0.3 is 25.0 Å². The Morgan fingerprint density at radius 2 is 1.90 bits per heavy atom. The number of amides is 1. The molecule has 2 heterocycles. The molecule has 2 aliphatic heterocycles. The van der Waals surface area contributed by atoms with E-state index in [0.29, 0.717) is 11.1 Å². The normalized spacial score (nSPS) is 29.1. The molecule has 2 aliphatic rings. The molecule has 3 atom stereocenters. The zero-order valence-electron chi connectivity index (χ0n) is 18.4. The fraction of sp³-hybridized carbons (Fsp3) is 0.435. The second-order valence-corrected chi connectivity index (χ2v) is 7.64. The number of esters is 1. The van der Waals surface area contributed by atoms with E-state index in [-0.39, 0.29) is 13.0 Å². The fourth-order valence-corrected chi connectivity index (χ4v) is 3.54. The van der Waals surface area contributed by atoms with Gasteiger partial charge in [-0.05, 0) is 39.3 Å². The van der Waals surface area contributed by atoms with Gasteiger partial charge in [-0.25, -0.2) is 4.79 Å². The standard InChI is InChI=1S/C23H29NO7/c1-6-17(19(27)30-5)13-15(3)12-14(2)8-7-9-16(4)18(26)23-20(31-23)22(29,10-11-25)24-21(23)28/h6-9,12-13,20,25,29H,10-11H2,1-5H3,(H,24,28)/b8-7+,14-12-,15-13+,16-9+,17-6+/t20-,22-,23+/m1/s1. The van der Waals surface area contributed by atoms with Crippen LogP contribution in [0.1, 0.15) is 34.1 Å². The van der Waals surface area contributed by atoms with Gasteiger partial charge in [-0.15, -0.1) is 0 Å². The Balaban J connectivity index is 2.08. The van der Waals surface area contributed by atoms with E-state index < -0.39 is 35.1 Å². The van der Waals surface area contributed by atoms with Gasteiger partial charge in [0, 0.05) is 13.0 Å². The van der Waals surface area contributed by atoms with Crippen molar-refractivity contribution in [1.82, 2.24) is 5.32 Å². The van der Waals surface area contributed by atoms with Crippen molar-refractivity contribution >= 4 is 17.7 Å². The minimum atomic E-state index is -1.74. The predicted octanol–water partition coefficient (Wildman–Crippen LogP) is 1.41. The van der Waals surface area contributed by atoms with Crippen molar-refractivity contribution in [3.63, 3.8) is 0 Å². The number of rotatable bonds is 9. The molecule has 2 rings (SSSR count). The van der Waals surface area contributed by atoms with E-state index in [4.69, 9.17) is 14.6 Å². The molecule has 0 aromatic rings. The SMILES string of the molecule is C\C=C(/C=C(C)/C=C(C)\C=C\C=C(/C)C(=O)[C@]12O[C@@H]1[C@](O)(CCO)NC2=O)C(=O)OC. The van der Waals surface area contributed by atoms with E-state index in [2.05, 4.69) is 5.32 Å². The van der Waals surface area contributed by atoms with Crippen LogP contribution in [0.2, 0.25) is 0 Å². The Kier molecular flexibility index (Phi) is 7.54. The summed E-state index contributed by atoms with van der Waals surface area (Å²) < 4.78 is 10.0. The fourth-order valence-electron chi connectivity index (χ4n) is 3.54. The minimum Gasteiger partial charge on any atom is -0.465 e. The monoisotopic (exact) mass is 431 g/mol. The summed E-state index contributed by atoms with van der Waals surface area (Å²) in [6.07, 6.45) is 9.13. The summed E-state index contributed by atoms with van der Waals surface area (Å²) in [7, 11) is 1.33. The van der Waals surface area contributed by atoms with Gasteiger partial charge in [0.1, 0.15) is 0 Å². The van der Waals surface area contributed by atoms with Gasteiger partial charge in [-0.3, -0.25) is 9.59 Å². The van der Waals surface area contributed by atoms with Crippen LogP contribution in [0, 0.1) is 0 Å². The Bertz CT molecular complexity index is 924. The Labute approximate surface area is 181 Å². The van der Waals surface area contributed by atoms with Crippen molar-refractivity contribution in [3.05, 3.63) is 58.7 Å². The maximum atomic E-state index is 12.8. The molecule has 0 bridgehead atoms. The number of epoxide rings is 1. The lowest BCUT2D eigenvalue weighted by molar-refractivity contribution is -0.138. The number of methoxy groups -OCH3 is 1. The number of morpholine rings is 1. The summed E-state index contributed by atoms with van der Waals surface area (Å²) >= 11 is 0. The zero-order chi connectivity index (χ0) is 23.4. The molecule has 0 aromatic carbocycles. The van der Waals surface area contributed by atoms with Crippen LogP contribution in [0.15, 0.2) is 58.7 Å². The quantitative estimate of drug-likeness (QED) is 0.166. The molecule has 0 aromatic heterocycles. The van der Waals surface area contributed by atoms with Crippen molar-refractivity contribution in [3.8, 4) is 0 Å². The number of carbonyl (C=O) groups is 3. The van der Waals surface area contributed by atoms with Crippen LogP contribution in [0.25, 0.3) is 0 Å². The molecular weight excluding hydrogens is 402 g/mol. The molecular formula is C23H29NO7. The van der Waals surface area contributed by atoms with Crippen molar-refractivity contribution < 1.29 is 34.1 Å². The van der Waals surface area contributed by atoms with E-state index in [1.807, 2.05) is 19.9 Å². The lowest BCUT2D eigenvalue weighted by atomic mass is 9.92. The number of hydrogen-bond donors (Lipinski definition) is 3. The minimum absolute atomic E-state index is 0.122. The Morgan fingerprint density at radius 1 is 1.23 bits per heavy atom. The summed E-state index contributed by atoms with van der Waals surface area (Å²) in [5.74, 6) is -1.64. The lowest BCUT2D eigenvalue weighted by Gasteiger charge is -2.22. The van der Waals surface area contributed by atoms with Gasteiger partial charge >= 0.3 is 5.97 Å². The van der Waals surface area contributed by atoms with Crippen LogP contribution in [0.5, 0.6) is 0 Å². The van der Waals surface area contributed by atoms with Gasteiger partial charge in [0.15, 0.2) is 11.8 Å². The number of ketones is 1. The van der Waals surface area contributed by atoms with Crippen LogP contribution >= 0.6 is 0 Å². The van der Waals surface area contributed by atoms with Gasteiger partial charge in [-0.2, -0.15) is 0 Å². The number of allylic oxidation sites excluding steroid dienone is 7. The largest absolute Gasteiger partial charge is 0.465 e. The Morgan fingerprint density at radius 3 is 2.45 bits per heavy atom. The third kappa shape index (κ3) is 4.92. The number of nitrogens with one attached hydrogen (secondary N) is 1. The highest BCUT2D eigenvalue weighted by Gasteiger charge is 2.80. The van der Waals surface area contributed by atoms with E-state index in [1.165, 1.54) is 7.11 Å². The van der Waals surface area contributed by atoms with Gasteiger partial charge in [-0.1, -0.05) is 41.5 Å². The smallest absolute Gasteiger partial charge is 0.337 e. The van der Waals surface area contributed by atoms with Crippen molar-refractivity contribution in [1.29, 1.82) is 0 Å². The molecule has 3 N–H and O–H groups in total. The zero-order valence-corrected chi connectivity index (χ0v) is 18.4. The summed E-state index contributed by atoms with van der Waals surface area (Å²) in [5.41, 5.74) is -1.000. The van der Waals surface area contributed by atoms with Crippen LogP contribution in [-0.4, -0.2) is 59.0 Å². The molecule has 8 heteroatoms. The molecule has 0 unspecified atom stereocenters. The number of Topliss-reactive ketones (excluding diaryl/α,β-unsaturated/α-hetero) is 1. The summed E-state index contributed by atoms with van der Waals surface area (Å²) in [4.78, 5) is 36.7. The third-order valence-electron chi connectivity index (χ3n) is 5.18. The second-order valence-electron chi connectivity index (χ2n) is 7.64. The number of ether oxygens (including phenoxy) is 2. The van der Waals surface area contributed by atoms with E-state index in [1.54, 1.807) is 44.2 Å². The number of fused-ring (bicyclic) bond motifs is 1. The third-order valence-corrected chi connectivity index (χ3v) is 5.18.